The van der Waals surface area contributed by atoms with Gasteiger partial charge in [0.25, 0.3) is 5.56 Å². The molecule has 0 saturated heterocycles. The van der Waals surface area contributed by atoms with Crippen molar-refractivity contribution in [3.63, 3.8) is 0 Å². The van der Waals surface area contributed by atoms with E-state index in [1.165, 1.54) is 0 Å². The van der Waals surface area contributed by atoms with Crippen molar-refractivity contribution in [3.8, 4) is 40.0 Å². The van der Waals surface area contributed by atoms with Crippen LogP contribution in [0.1, 0.15) is 16.7 Å². The molecule has 0 amide bonds. The molecule has 0 bridgehead atoms. The van der Waals surface area contributed by atoms with Crippen LogP contribution in [0.15, 0.2) is 53.3 Å². The highest BCUT2D eigenvalue weighted by molar-refractivity contribution is 5.97. The highest BCUT2D eigenvalue weighted by Gasteiger charge is 2.29. The Morgan fingerprint density at radius 2 is 1.69 bits per heavy atom. The molecule has 0 spiro atoms. The third-order valence-corrected chi connectivity index (χ3v) is 6.90. The van der Waals surface area contributed by atoms with Crippen LogP contribution in [-0.2, 0) is 19.4 Å². The van der Waals surface area contributed by atoms with E-state index in [0.29, 0.717) is 42.0 Å². The summed E-state index contributed by atoms with van der Waals surface area (Å²) in [7, 11) is 4.82. The van der Waals surface area contributed by atoms with E-state index in [1.54, 1.807) is 21.3 Å². The summed E-state index contributed by atoms with van der Waals surface area (Å²) in [6.45, 7) is 0.754. The molecule has 0 saturated carbocycles. The van der Waals surface area contributed by atoms with Crippen molar-refractivity contribution in [2.45, 2.75) is 19.4 Å². The highest BCUT2D eigenvalue weighted by atomic mass is 16.7. The summed E-state index contributed by atoms with van der Waals surface area (Å²) in [6, 6.07) is 15.8. The molecule has 2 aliphatic heterocycles. The normalized spacial score (nSPS) is 13.3. The second-order valence-corrected chi connectivity index (χ2v) is 8.61. The van der Waals surface area contributed by atoms with Gasteiger partial charge in [-0.1, -0.05) is 18.2 Å². The van der Waals surface area contributed by atoms with E-state index >= 15 is 0 Å². The van der Waals surface area contributed by atoms with Gasteiger partial charge in [-0.3, -0.25) is 4.79 Å². The largest absolute Gasteiger partial charge is 0.496 e. The molecule has 7 nitrogen and oxygen atoms in total. The lowest BCUT2D eigenvalue weighted by atomic mass is 9.88. The number of aromatic nitrogens is 1. The van der Waals surface area contributed by atoms with Gasteiger partial charge in [-0.05, 0) is 58.8 Å². The Labute approximate surface area is 202 Å². The summed E-state index contributed by atoms with van der Waals surface area (Å²) in [4.78, 5) is 13.9. The molecule has 0 fully saturated rings. The van der Waals surface area contributed by atoms with Crippen molar-refractivity contribution < 1.29 is 23.7 Å². The van der Waals surface area contributed by atoms with E-state index < -0.39 is 0 Å². The summed E-state index contributed by atoms with van der Waals surface area (Å²) in [6.07, 6.45) is 1.28. The third kappa shape index (κ3) is 3.22. The van der Waals surface area contributed by atoms with Gasteiger partial charge in [0.2, 0.25) is 6.79 Å². The van der Waals surface area contributed by atoms with Crippen LogP contribution in [0.3, 0.4) is 0 Å². The first-order valence-corrected chi connectivity index (χ1v) is 11.5. The molecular weight excluding hydrogens is 446 g/mol. The number of rotatable bonds is 5. The maximum absolute atomic E-state index is 13.9. The number of aryl methyl sites for hydroxylation is 1. The number of hydrogen-bond donors (Lipinski definition) is 0. The van der Waals surface area contributed by atoms with Gasteiger partial charge in [0.1, 0.15) is 5.75 Å². The number of nitrogens with zero attached hydrogens (tertiary/aromatic N) is 1. The van der Waals surface area contributed by atoms with Gasteiger partial charge in [0.15, 0.2) is 23.0 Å². The topological polar surface area (TPSA) is 68.2 Å². The molecule has 35 heavy (non-hydrogen) atoms. The number of fused-ring (bicyclic) bond motifs is 5. The van der Waals surface area contributed by atoms with Gasteiger partial charge in [-0.25, -0.2) is 0 Å². The molecule has 178 valence electrons. The first-order chi connectivity index (χ1) is 17.1. The van der Waals surface area contributed by atoms with E-state index in [0.717, 1.165) is 44.8 Å². The monoisotopic (exact) mass is 471 g/mol. The Hall–Kier alpha value is -4.13. The van der Waals surface area contributed by atoms with Crippen molar-refractivity contribution in [2.24, 2.45) is 0 Å². The molecule has 0 unspecified atom stereocenters. The van der Waals surface area contributed by atoms with E-state index in [9.17, 15) is 4.79 Å². The minimum atomic E-state index is -0.0992. The van der Waals surface area contributed by atoms with Gasteiger partial charge >= 0.3 is 0 Å². The molecule has 3 heterocycles. The maximum atomic E-state index is 13.9. The van der Waals surface area contributed by atoms with Crippen molar-refractivity contribution in [1.82, 2.24) is 4.57 Å². The molecule has 0 aliphatic carbocycles. The van der Waals surface area contributed by atoms with Gasteiger partial charge < -0.3 is 28.3 Å². The van der Waals surface area contributed by atoms with Crippen LogP contribution in [0.2, 0.25) is 0 Å². The lowest BCUT2D eigenvalue weighted by Gasteiger charge is -2.27. The first kappa shape index (κ1) is 21.4. The summed E-state index contributed by atoms with van der Waals surface area (Å²) in [5, 5.41) is 1.35. The van der Waals surface area contributed by atoms with E-state index in [1.807, 2.05) is 47.0 Å². The molecule has 0 atom stereocenters. The Kier molecular flexibility index (Phi) is 5.06. The smallest absolute Gasteiger partial charge is 0.262 e. The molecular formula is C28H25NO6. The van der Waals surface area contributed by atoms with Gasteiger partial charge in [-0.2, -0.15) is 0 Å². The number of pyridine rings is 1. The molecule has 2 aliphatic rings. The van der Waals surface area contributed by atoms with E-state index in [-0.39, 0.29) is 12.4 Å². The second kappa shape index (κ2) is 8.27. The van der Waals surface area contributed by atoms with Gasteiger partial charge in [0.05, 0.1) is 32.4 Å². The van der Waals surface area contributed by atoms with Crippen molar-refractivity contribution >= 4 is 10.8 Å². The van der Waals surface area contributed by atoms with Crippen molar-refractivity contribution in [1.29, 1.82) is 0 Å². The van der Waals surface area contributed by atoms with Crippen LogP contribution in [0.4, 0.5) is 0 Å². The SMILES string of the molecule is COc1ccccc1Cc1c2n(c(=O)c3c(OC)c(OC)ccc13)CCc1cc3c(cc1-2)OCO3. The predicted octanol–water partition coefficient (Wildman–Crippen LogP) is 4.57. The van der Waals surface area contributed by atoms with Crippen LogP contribution in [0.5, 0.6) is 28.7 Å². The maximum Gasteiger partial charge on any atom is 0.262 e. The number of ether oxygens (including phenoxy) is 5. The standard InChI is InChI=1S/C28H25NO6/c1-31-21-7-5-4-6-17(21)12-20-18-8-9-22(32-2)27(33-3)25(18)28(30)29-11-10-16-13-23-24(35-15-34-23)14-19(16)26(20)29/h4-9,13-14H,10-12,15H2,1-3H3. The quantitative estimate of drug-likeness (QED) is 0.425. The predicted molar refractivity (Wildman–Crippen MR) is 132 cm³/mol. The highest BCUT2D eigenvalue weighted by Crippen LogP contribution is 2.45. The number of methoxy groups -OCH3 is 3. The fourth-order valence-electron chi connectivity index (χ4n) is 5.30. The lowest BCUT2D eigenvalue weighted by Crippen LogP contribution is -2.28. The van der Waals surface area contributed by atoms with Crippen molar-refractivity contribution in [2.75, 3.05) is 28.1 Å². The minimum absolute atomic E-state index is 0.0992. The average Bonchev–Trinajstić information content (AvgIpc) is 3.36. The zero-order valence-electron chi connectivity index (χ0n) is 19.8. The molecule has 0 N–H and O–H groups in total. The average molecular weight is 472 g/mol. The zero-order valence-corrected chi connectivity index (χ0v) is 19.8. The summed E-state index contributed by atoms with van der Waals surface area (Å²) in [5.41, 5.74) is 4.96. The summed E-state index contributed by atoms with van der Waals surface area (Å²) < 4.78 is 30.1. The van der Waals surface area contributed by atoms with E-state index in [2.05, 4.69) is 6.07 Å². The number of para-hydroxylation sites is 1. The molecule has 3 aromatic carbocycles. The Bertz CT molecular complexity index is 1540. The molecule has 0 radical (unpaired) electrons. The number of benzene rings is 3. The van der Waals surface area contributed by atoms with E-state index in [4.69, 9.17) is 23.7 Å². The molecule has 6 rings (SSSR count). The lowest BCUT2D eigenvalue weighted by molar-refractivity contribution is 0.174. The van der Waals surface area contributed by atoms with Crippen LogP contribution in [0.25, 0.3) is 22.0 Å². The Balaban J connectivity index is 1.71. The van der Waals surface area contributed by atoms with Crippen LogP contribution >= 0.6 is 0 Å². The van der Waals surface area contributed by atoms with Gasteiger partial charge in [-0.15, -0.1) is 0 Å². The Morgan fingerprint density at radius 3 is 2.46 bits per heavy atom. The fourth-order valence-corrected chi connectivity index (χ4v) is 5.30. The Morgan fingerprint density at radius 1 is 0.914 bits per heavy atom. The van der Waals surface area contributed by atoms with Crippen LogP contribution in [-0.4, -0.2) is 32.7 Å². The summed E-state index contributed by atoms with van der Waals surface area (Å²) >= 11 is 0. The first-order valence-electron chi connectivity index (χ1n) is 11.5. The van der Waals surface area contributed by atoms with Crippen LogP contribution in [0, 0.1) is 0 Å². The molecule has 7 heteroatoms. The van der Waals surface area contributed by atoms with Crippen LogP contribution < -0.4 is 29.2 Å². The second-order valence-electron chi connectivity index (χ2n) is 8.61. The van der Waals surface area contributed by atoms with Crippen molar-refractivity contribution in [3.05, 3.63) is 75.6 Å². The molecule has 4 aromatic rings. The third-order valence-electron chi connectivity index (χ3n) is 6.90. The fraction of sp³-hybridized carbons (Fsp3) is 0.250. The van der Waals surface area contributed by atoms with Gasteiger partial charge in [0, 0.05) is 18.5 Å². The minimum Gasteiger partial charge on any atom is -0.496 e. The summed E-state index contributed by atoms with van der Waals surface area (Å²) in [5.74, 6) is 3.22. The molecule has 1 aromatic heterocycles. The number of hydrogen-bond acceptors (Lipinski definition) is 6. The zero-order chi connectivity index (χ0) is 24.1.